The normalized spacial score (nSPS) is 14.9. The van der Waals surface area contributed by atoms with Crippen molar-refractivity contribution in [3.05, 3.63) is 52.4 Å². The summed E-state index contributed by atoms with van der Waals surface area (Å²) in [6, 6.07) is 6.93. The Morgan fingerprint density at radius 1 is 1.20 bits per heavy atom. The molecule has 5 rings (SSSR count). The van der Waals surface area contributed by atoms with Crippen LogP contribution < -0.4 is 18.9 Å². The van der Waals surface area contributed by atoms with Gasteiger partial charge in [0.25, 0.3) is 0 Å². The van der Waals surface area contributed by atoms with Crippen LogP contribution in [0.5, 0.6) is 23.0 Å². The highest BCUT2D eigenvalue weighted by molar-refractivity contribution is 7.99. The van der Waals surface area contributed by atoms with Crippen LogP contribution in [0, 0.1) is 0 Å². The number of aromatic carboxylic acids is 1. The summed E-state index contributed by atoms with van der Waals surface area (Å²) in [5, 5.41) is 10.8. The van der Waals surface area contributed by atoms with Gasteiger partial charge in [-0.15, -0.1) is 0 Å². The van der Waals surface area contributed by atoms with Crippen LogP contribution in [0.3, 0.4) is 0 Å². The molecule has 12 heteroatoms. The second kappa shape index (κ2) is 9.86. The van der Waals surface area contributed by atoms with Gasteiger partial charge in [-0.1, -0.05) is 23.4 Å². The number of ether oxygens (including phenoxy) is 6. The maximum absolute atomic E-state index is 12.3. The predicted molar refractivity (Wildman–Crippen MR) is 124 cm³/mol. The molecule has 0 atom stereocenters. The van der Waals surface area contributed by atoms with Crippen molar-refractivity contribution in [2.24, 2.45) is 0 Å². The summed E-state index contributed by atoms with van der Waals surface area (Å²) in [5.41, 5.74) is 1.30. The molecule has 10 nitrogen and oxygen atoms in total. The van der Waals surface area contributed by atoms with E-state index in [2.05, 4.69) is 4.98 Å². The Balaban J connectivity index is 1.51. The summed E-state index contributed by atoms with van der Waals surface area (Å²) in [4.78, 5) is 17.3. The SMILES string of the molecule is COc1ccc(Sc2ncn(Cc3cc4c(cc3Cl)OCO4)c2C(=O)O)c(C2OCCO2)c1OC. The molecule has 0 amide bonds. The molecule has 1 saturated heterocycles. The smallest absolute Gasteiger partial charge is 0.355 e. The molecular weight excluding hydrogens is 500 g/mol. The van der Waals surface area contributed by atoms with Gasteiger partial charge in [0.05, 0.1) is 45.9 Å². The van der Waals surface area contributed by atoms with Gasteiger partial charge in [-0.3, -0.25) is 0 Å². The minimum atomic E-state index is -1.13. The lowest BCUT2D eigenvalue weighted by Crippen LogP contribution is -2.10. The number of benzene rings is 2. The Labute approximate surface area is 209 Å². The molecule has 3 aromatic rings. The molecule has 184 valence electrons. The molecule has 0 bridgehead atoms. The van der Waals surface area contributed by atoms with E-state index >= 15 is 0 Å². The van der Waals surface area contributed by atoms with Gasteiger partial charge in [0.2, 0.25) is 6.79 Å². The van der Waals surface area contributed by atoms with Crippen LogP contribution >= 0.6 is 23.4 Å². The maximum Gasteiger partial charge on any atom is 0.355 e. The fourth-order valence-electron chi connectivity index (χ4n) is 3.91. The van der Waals surface area contributed by atoms with Crippen LogP contribution in [0.4, 0.5) is 0 Å². The van der Waals surface area contributed by atoms with Crippen molar-refractivity contribution in [1.82, 2.24) is 9.55 Å². The van der Waals surface area contributed by atoms with E-state index in [1.165, 1.54) is 36.9 Å². The zero-order valence-corrected chi connectivity index (χ0v) is 20.4. The number of halogens is 1. The van der Waals surface area contributed by atoms with Gasteiger partial charge in [-0.25, -0.2) is 9.78 Å². The first-order chi connectivity index (χ1) is 17.0. The van der Waals surface area contributed by atoms with E-state index in [9.17, 15) is 9.90 Å². The summed E-state index contributed by atoms with van der Waals surface area (Å²) >= 11 is 7.58. The minimum Gasteiger partial charge on any atom is -0.493 e. The first-order valence-electron chi connectivity index (χ1n) is 10.5. The van der Waals surface area contributed by atoms with Crippen molar-refractivity contribution in [1.29, 1.82) is 0 Å². The van der Waals surface area contributed by atoms with Gasteiger partial charge < -0.3 is 38.1 Å². The summed E-state index contributed by atoms with van der Waals surface area (Å²) in [5.74, 6) is 0.941. The first-order valence-corrected chi connectivity index (χ1v) is 11.7. The Morgan fingerprint density at radius 3 is 2.63 bits per heavy atom. The van der Waals surface area contributed by atoms with E-state index in [0.717, 1.165) is 0 Å². The molecule has 0 aliphatic carbocycles. The number of hydrogen-bond acceptors (Lipinski definition) is 9. The van der Waals surface area contributed by atoms with Crippen molar-refractivity contribution in [3.63, 3.8) is 0 Å². The molecule has 2 aromatic carbocycles. The third-order valence-electron chi connectivity index (χ3n) is 5.50. The molecule has 1 aromatic heterocycles. The van der Waals surface area contributed by atoms with Gasteiger partial charge in [-0.2, -0.15) is 0 Å². The van der Waals surface area contributed by atoms with Crippen molar-refractivity contribution < 1.29 is 38.3 Å². The van der Waals surface area contributed by atoms with E-state index < -0.39 is 12.3 Å². The third-order valence-corrected chi connectivity index (χ3v) is 6.92. The summed E-state index contributed by atoms with van der Waals surface area (Å²) in [7, 11) is 3.06. The van der Waals surface area contributed by atoms with Gasteiger partial charge in [0.15, 0.2) is 35.0 Å². The zero-order chi connectivity index (χ0) is 24.5. The lowest BCUT2D eigenvalue weighted by Gasteiger charge is -2.19. The largest absolute Gasteiger partial charge is 0.493 e. The number of rotatable bonds is 8. The van der Waals surface area contributed by atoms with Crippen molar-refractivity contribution >= 4 is 29.3 Å². The highest BCUT2D eigenvalue weighted by Gasteiger charge is 2.30. The number of nitrogens with zero attached hydrogens (tertiary/aromatic N) is 2. The molecule has 0 saturated carbocycles. The number of imidazole rings is 1. The van der Waals surface area contributed by atoms with Gasteiger partial charge in [-0.05, 0) is 23.8 Å². The van der Waals surface area contributed by atoms with E-state index in [1.807, 2.05) is 0 Å². The maximum atomic E-state index is 12.3. The van der Waals surface area contributed by atoms with E-state index in [4.69, 9.17) is 40.0 Å². The average molecular weight is 521 g/mol. The van der Waals surface area contributed by atoms with Crippen LogP contribution in [0.2, 0.25) is 5.02 Å². The third kappa shape index (κ3) is 4.47. The van der Waals surface area contributed by atoms with E-state index in [-0.39, 0.29) is 19.0 Å². The molecular formula is C23H21ClN2O8S. The molecule has 0 radical (unpaired) electrons. The van der Waals surface area contributed by atoms with Crippen molar-refractivity contribution in [2.75, 3.05) is 34.2 Å². The predicted octanol–water partition coefficient (Wildman–Crippen LogP) is 4.23. The highest BCUT2D eigenvalue weighted by Crippen LogP contribution is 2.46. The number of carboxylic acid groups (broad SMARTS) is 1. The van der Waals surface area contributed by atoms with Crippen LogP contribution in [0.1, 0.15) is 27.9 Å². The second-order valence-corrected chi connectivity index (χ2v) is 8.95. The Hall–Kier alpha value is -3.12. The molecule has 2 aliphatic heterocycles. The van der Waals surface area contributed by atoms with Crippen molar-refractivity contribution in [2.45, 2.75) is 22.8 Å². The van der Waals surface area contributed by atoms with Gasteiger partial charge in [0, 0.05) is 16.0 Å². The molecule has 0 unspecified atom stereocenters. The summed E-state index contributed by atoms with van der Waals surface area (Å²) < 4.78 is 34.8. The molecule has 1 N–H and O–H groups in total. The lowest BCUT2D eigenvalue weighted by atomic mass is 10.1. The number of methoxy groups -OCH3 is 2. The molecule has 0 spiro atoms. The van der Waals surface area contributed by atoms with Crippen LogP contribution in [0.25, 0.3) is 0 Å². The number of carboxylic acids is 1. The van der Waals surface area contributed by atoms with Crippen molar-refractivity contribution in [3.8, 4) is 23.0 Å². The Bertz CT molecular complexity index is 1270. The second-order valence-electron chi connectivity index (χ2n) is 7.52. The fourth-order valence-corrected chi connectivity index (χ4v) is 5.17. The summed E-state index contributed by atoms with van der Waals surface area (Å²) in [6.45, 7) is 1.16. The van der Waals surface area contributed by atoms with Gasteiger partial charge in [0.1, 0.15) is 5.03 Å². The number of fused-ring (bicyclic) bond motifs is 1. The van der Waals surface area contributed by atoms with Crippen LogP contribution in [0.15, 0.2) is 40.5 Å². The van der Waals surface area contributed by atoms with Crippen LogP contribution in [-0.4, -0.2) is 54.9 Å². The van der Waals surface area contributed by atoms with Gasteiger partial charge >= 0.3 is 5.97 Å². The Morgan fingerprint density at radius 2 is 1.94 bits per heavy atom. The highest BCUT2D eigenvalue weighted by atomic mass is 35.5. The topological polar surface area (TPSA) is 111 Å². The first kappa shape index (κ1) is 23.6. The number of hydrogen-bond donors (Lipinski definition) is 1. The van der Waals surface area contributed by atoms with E-state index in [0.29, 0.717) is 62.3 Å². The average Bonchev–Trinajstić information content (AvgIpc) is 3.60. The monoisotopic (exact) mass is 520 g/mol. The fraction of sp³-hybridized carbons (Fsp3) is 0.304. The Kier molecular flexibility index (Phi) is 6.65. The molecule has 35 heavy (non-hydrogen) atoms. The molecule has 1 fully saturated rings. The number of carbonyl (C=O) groups is 1. The van der Waals surface area contributed by atoms with E-state index in [1.54, 1.807) is 24.3 Å². The lowest BCUT2D eigenvalue weighted by molar-refractivity contribution is -0.0476. The minimum absolute atomic E-state index is 0.0118. The standard InChI is InChI=1S/C23H21ClN2O8S/c1-29-14-3-4-17(18(20(14)30-2)23-31-5-6-32-23)35-21-19(22(27)28)26(10-25-21)9-12-7-15-16(8-13(12)24)34-11-33-15/h3-4,7-8,10,23H,5-6,9,11H2,1-2H3,(H,27,28). The molecule has 2 aliphatic rings. The number of aromatic nitrogens is 2. The zero-order valence-electron chi connectivity index (χ0n) is 18.8. The quantitative estimate of drug-likeness (QED) is 0.463. The molecule has 3 heterocycles. The van der Waals surface area contributed by atoms with Crippen LogP contribution in [-0.2, 0) is 16.0 Å². The summed E-state index contributed by atoms with van der Waals surface area (Å²) in [6.07, 6.45) is 0.792.